The van der Waals surface area contributed by atoms with Gasteiger partial charge in [0.15, 0.2) is 0 Å². The van der Waals surface area contributed by atoms with Gasteiger partial charge in [-0.1, -0.05) is 12.8 Å². The Labute approximate surface area is 119 Å². The van der Waals surface area contributed by atoms with Crippen LogP contribution in [0.3, 0.4) is 0 Å². The van der Waals surface area contributed by atoms with Gasteiger partial charge in [0, 0.05) is 33.7 Å². The summed E-state index contributed by atoms with van der Waals surface area (Å²) in [7, 11) is 3.22. The van der Waals surface area contributed by atoms with Crippen molar-refractivity contribution in [3.05, 3.63) is 0 Å². The van der Waals surface area contributed by atoms with Crippen molar-refractivity contribution in [3.8, 4) is 0 Å². The van der Waals surface area contributed by atoms with E-state index in [1.807, 2.05) is 0 Å². The van der Waals surface area contributed by atoms with E-state index in [4.69, 9.17) is 9.47 Å². The number of amides is 2. The fourth-order valence-electron chi connectivity index (χ4n) is 3.14. The molecule has 1 N–H and O–H groups in total. The van der Waals surface area contributed by atoms with Crippen molar-refractivity contribution in [2.24, 2.45) is 0 Å². The van der Waals surface area contributed by atoms with Gasteiger partial charge in [-0.05, 0) is 12.8 Å². The first-order chi connectivity index (χ1) is 9.61. The SMILES string of the molecule is COCC(CN1CCC(=O)NC2(CCCC2)C1=O)OC. The van der Waals surface area contributed by atoms with Gasteiger partial charge in [0.2, 0.25) is 11.8 Å². The zero-order valence-electron chi connectivity index (χ0n) is 12.3. The fourth-order valence-corrected chi connectivity index (χ4v) is 3.14. The largest absolute Gasteiger partial charge is 0.382 e. The molecule has 1 atom stereocenters. The second kappa shape index (κ2) is 6.54. The van der Waals surface area contributed by atoms with Gasteiger partial charge in [-0.3, -0.25) is 9.59 Å². The Bertz CT molecular complexity index is 366. The monoisotopic (exact) mass is 284 g/mol. The van der Waals surface area contributed by atoms with Crippen LogP contribution in [0.15, 0.2) is 0 Å². The zero-order valence-corrected chi connectivity index (χ0v) is 12.3. The molecule has 6 nitrogen and oxygen atoms in total. The van der Waals surface area contributed by atoms with Crippen LogP contribution < -0.4 is 5.32 Å². The third-order valence-electron chi connectivity index (χ3n) is 4.25. The van der Waals surface area contributed by atoms with Crippen molar-refractivity contribution < 1.29 is 19.1 Å². The average molecular weight is 284 g/mol. The van der Waals surface area contributed by atoms with Crippen LogP contribution in [0.5, 0.6) is 0 Å². The number of nitrogens with zero attached hydrogens (tertiary/aromatic N) is 1. The van der Waals surface area contributed by atoms with E-state index in [9.17, 15) is 9.59 Å². The number of carbonyl (C=O) groups excluding carboxylic acids is 2. The first kappa shape index (κ1) is 15.3. The highest BCUT2D eigenvalue weighted by Gasteiger charge is 2.46. The van der Waals surface area contributed by atoms with Crippen molar-refractivity contribution in [2.75, 3.05) is 33.9 Å². The third-order valence-corrected chi connectivity index (χ3v) is 4.25. The number of carbonyl (C=O) groups is 2. The lowest BCUT2D eigenvalue weighted by Gasteiger charge is -2.33. The summed E-state index contributed by atoms with van der Waals surface area (Å²) >= 11 is 0. The predicted molar refractivity (Wildman–Crippen MR) is 73.2 cm³/mol. The van der Waals surface area contributed by atoms with Crippen LogP contribution in [0.4, 0.5) is 0 Å². The maximum Gasteiger partial charge on any atom is 0.248 e. The summed E-state index contributed by atoms with van der Waals surface area (Å²) < 4.78 is 10.4. The lowest BCUT2D eigenvalue weighted by molar-refractivity contribution is -0.140. The van der Waals surface area contributed by atoms with E-state index >= 15 is 0 Å². The predicted octanol–water partition coefficient (Wildman–Crippen LogP) is 0.309. The van der Waals surface area contributed by atoms with E-state index in [2.05, 4.69) is 5.32 Å². The molecular formula is C14H24N2O4. The molecule has 2 fully saturated rings. The number of rotatable bonds is 5. The molecular weight excluding hydrogens is 260 g/mol. The van der Waals surface area contributed by atoms with E-state index in [1.165, 1.54) is 0 Å². The number of hydrogen-bond donors (Lipinski definition) is 1. The second-order valence-corrected chi connectivity index (χ2v) is 5.65. The molecule has 0 bridgehead atoms. The molecule has 2 aliphatic rings. The van der Waals surface area contributed by atoms with Gasteiger partial charge in [0.1, 0.15) is 5.54 Å². The summed E-state index contributed by atoms with van der Waals surface area (Å²) in [6.07, 6.45) is 3.68. The van der Waals surface area contributed by atoms with Crippen LogP contribution in [0.25, 0.3) is 0 Å². The second-order valence-electron chi connectivity index (χ2n) is 5.65. The maximum absolute atomic E-state index is 12.8. The average Bonchev–Trinajstić information content (AvgIpc) is 2.86. The normalized spacial score (nSPS) is 23.8. The molecule has 1 unspecified atom stereocenters. The molecule has 2 rings (SSSR count). The summed E-state index contributed by atoms with van der Waals surface area (Å²) in [4.78, 5) is 26.4. The number of methoxy groups -OCH3 is 2. The zero-order chi connectivity index (χ0) is 14.6. The smallest absolute Gasteiger partial charge is 0.248 e. The van der Waals surface area contributed by atoms with E-state index < -0.39 is 5.54 Å². The van der Waals surface area contributed by atoms with Gasteiger partial charge in [0.25, 0.3) is 0 Å². The molecule has 1 aliphatic heterocycles. The summed E-state index contributed by atoms with van der Waals surface area (Å²) in [5.74, 6) is 0.0162. The van der Waals surface area contributed by atoms with Gasteiger partial charge in [-0.25, -0.2) is 0 Å². The quantitative estimate of drug-likeness (QED) is 0.789. The maximum atomic E-state index is 12.8. The minimum Gasteiger partial charge on any atom is -0.382 e. The number of hydrogen-bond acceptors (Lipinski definition) is 4. The standard InChI is InChI=1S/C14H24N2O4/c1-19-10-11(20-2)9-16-8-5-12(17)15-14(13(16)18)6-3-4-7-14/h11H,3-10H2,1-2H3,(H,15,17). The molecule has 1 saturated heterocycles. The van der Waals surface area contributed by atoms with Crippen LogP contribution in [-0.2, 0) is 19.1 Å². The topological polar surface area (TPSA) is 67.9 Å². The molecule has 114 valence electrons. The first-order valence-electron chi connectivity index (χ1n) is 7.23. The van der Waals surface area contributed by atoms with Crippen LogP contribution in [0, 0.1) is 0 Å². The molecule has 0 aromatic rings. The van der Waals surface area contributed by atoms with Crippen LogP contribution in [0.1, 0.15) is 32.1 Å². The van der Waals surface area contributed by atoms with Crippen molar-refractivity contribution in [1.82, 2.24) is 10.2 Å². The molecule has 6 heteroatoms. The van der Waals surface area contributed by atoms with Gasteiger partial charge in [0.05, 0.1) is 12.7 Å². The third kappa shape index (κ3) is 3.12. The van der Waals surface area contributed by atoms with Gasteiger partial charge < -0.3 is 19.7 Å². The van der Waals surface area contributed by atoms with E-state index in [0.717, 1.165) is 25.7 Å². The summed E-state index contributed by atoms with van der Waals surface area (Å²) in [6.45, 7) is 1.37. The summed E-state index contributed by atoms with van der Waals surface area (Å²) in [5, 5.41) is 2.96. The van der Waals surface area contributed by atoms with Crippen LogP contribution in [-0.4, -0.2) is 62.3 Å². The Balaban J connectivity index is 2.11. The molecule has 1 spiro atoms. The Hall–Kier alpha value is -1.14. The van der Waals surface area contributed by atoms with E-state index in [0.29, 0.717) is 26.1 Å². The van der Waals surface area contributed by atoms with Crippen LogP contribution in [0.2, 0.25) is 0 Å². The molecule has 2 amide bonds. The molecule has 1 heterocycles. The number of nitrogens with one attached hydrogen (secondary N) is 1. The lowest BCUT2D eigenvalue weighted by atomic mass is 9.96. The van der Waals surface area contributed by atoms with Crippen molar-refractivity contribution in [1.29, 1.82) is 0 Å². The van der Waals surface area contributed by atoms with Crippen LogP contribution >= 0.6 is 0 Å². The van der Waals surface area contributed by atoms with Gasteiger partial charge >= 0.3 is 0 Å². The molecule has 0 radical (unpaired) electrons. The Kier molecular flexibility index (Phi) is 4.99. The highest BCUT2D eigenvalue weighted by molar-refractivity contribution is 5.93. The van der Waals surface area contributed by atoms with E-state index in [-0.39, 0.29) is 17.9 Å². The minimum atomic E-state index is -0.668. The summed E-state index contributed by atoms with van der Waals surface area (Å²) in [6, 6.07) is 0. The Morgan fingerprint density at radius 3 is 2.60 bits per heavy atom. The number of ether oxygens (including phenoxy) is 2. The highest BCUT2D eigenvalue weighted by atomic mass is 16.5. The molecule has 1 aliphatic carbocycles. The molecule has 1 saturated carbocycles. The fraction of sp³-hybridized carbons (Fsp3) is 0.857. The lowest BCUT2D eigenvalue weighted by Crippen LogP contribution is -2.56. The van der Waals surface area contributed by atoms with E-state index in [1.54, 1.807) is 19.1 Å². The minimum absolute atomic E-state index is 0.0246. The molecule has 20 heavy (non-hydrogen) atoms. The Morgan fingerprint density at radius 1 is 1.30 bits per heavy atom. The summed E-state index contributed by atoms with van der Waals surface area (Å²) in [5.41, 5.74) is -0.668. The Morgan fingerprint density at radius 2 is 2.00 bits per heavy atom. The first-order valence-corrected chi connectivity index (χ1v) is 7.23. The van der Waals surface area contributed by atoms with Crippen molar-refractivity contribution in [2.45, 2.75) is 43.7 Å². The van der Waals surface area contributed by atoms with Crippen molar-refractivity contribution >= 4 is 11.8 Å². The van der Waals surface area contributed by atoms with Gasteiger partial charge in [-0.15, -0.1) is 0 Å². The van der Waals surface area contributed by atoms with Gasteiger partial charge in [-0.2, -0.15) is 0 Å². The molecule has 0 aromatic carbocycles. The highest BCUT2D eigenvalue weighted by Crippen LogP contribution is 2.33. The van der Waals surface area contributed by atoms with Crippen molar-refractivity contribution in [3.63, 3.8) is 0 Å². The molecule has 0 aromatic heterocycles.